The molecule has 2 fully saturated rings. The number of non-ortho nitro benzene ring substituents is 1. The van der Waals surface area contributed by atoms with Gasteiger partial charge in [0.05, 0.1) is 23.3 Å². The van der Waals surface area contributed by atoms with Gasteiger partial charge in [-0.15, -0.1) is 0 Å². The van der Waals surface area contributed by atoms with Crippen LogP contribution in [-0.2, 0) is 16.1 Å². The van der Waals surface area contributed by atoms with Crippen molar-refractivity contribution in [2.24, 2.45) is 17.8 Å². The van der Waals surface area contributed by atoms with Crippen LogP contribution in [0.4, 0.5) is 5.69 Å². The van der Waals surface area contributed by atoms with E-state index in [9.17, 15) is 24.5 Å². The number of amides is 3. The SMILES string of the molecule is C[C@@H]1CC[C@@H]2C(=O)N(N(Cc3ccc(Cl)cc3Cl)C(=O)c3cccc([N+](=O)[O-])c3)C(=O)[C@@H]2C1. The summed E-state index contributed by atoms with van der Waals surface area (Å²) in [6.07, 6.45) is 1.98. The second kappa shape index (κ2) is 9.11. The van der Waals surface area contributed by atoms with Crippen LogP contribution in [0.5, 0.6) is 0 Å². The minimum atomic E-state index is -0.710. The molecule has 0 bridgehead atoms. The van der Waals surface area contributed by atoms with Crippen LogP contribution in [0, 0.1) is 27.9 Å². The molecule has 1 heterocycles. The van der Waals surface area contributed by atoms with Gasteiger partial charge in [0.15, 0.2) is 0 Å². The fourth-order valence-electron chi connectivity index (χ4n) is 4.56. The maximum Gasteiger partial charge on any atom is 0.273 e. The van der Waals surface area contributed by atoms with Crippen LogP contribution in [0.1, 0.15) is 42.1 Å². The summed E-state index contributed by atoms with van der Waals surface area (Å²) in [7, 11) is 0. The second-order valence-electron chi connectivity index (χ2n) is 8.53. The number of nitro benzene ring substituents is 1. The summed E-state index contributed by atoms with van der Waals surface area (Å²) in [5.41, 5.74) is 0.189. The lowest BCUT2D eigenvalue weighted by Crippen LogP contribution is -2.49. The minimum absolute atomic E-state index is 0.0156. The molecule has 0 unspecified atom stereocenters. The van der Waals surface area contributed by atoms with E-state index in [0.717, 1.165) is 22.5 Å². The molecule has 8 nitrogen and oxygen atoms in total. The Morgan fingerprint density at radius 3 is 2.55 bits per heavy atom. The van der Waals surface area contributed by atoms with Crippen LogP contribution in [0.15, 0.2) is 42.5 Å². The smallest absolute Gasteiger partial charge is 0.272 e. The number of imide groups is 1. The summed E-state index contributed by atoms with van der Waals surface area (Å²) in [5, 5.41) is 13.8. The van der Waals surface area contributed by atoms with E-state index in [0.29, 0.717) is 29.3 Å². The van der Waals surface area contributed by atoms with Crippen LogP contribution in [0.3, 0.4) is 0 Å². The molecule has 4 rings (SSSR count). The Labute approximate surface area is 200 Å². The van der Waals surface area contributed by atoms with Gasteiger partial charge >= 0.3 is 0 Å². The van der Waals surface area contributed by atoms with Gasteiger partial charge < -0.3 is 0 Å². The maximum atomic E-state index is 13.5. The van der Waals surface area contributed by atoms with Crippen LogP contribution >= 0.6 is 23.2 Å². The molecule has 2 aromatic rings. The summed E-state index contributed by atoms with van der Waals surface area (Å²) in [6, 6.07) is 9.88. The van der Waals surface area contributed by atoms with Gasteiger partial charge in [0.25, 0.3) is 23.4 Å². The lowest BCUT2D eigenvalue weighted by atomic mass is 9.76. The van der Waals surface area contributed by atoms with E-state index >= 15 is 0 Å². The molecule has 1 saturated heterocycles. The normalized spacial score (nSPS) is 22.3. The van der Waals surface area contributed by atoms with Crippen LogP contribution in [0.2, 0.25) is 10.0 Å². The highest BCUT2D eigenvalue weighted by atomic mass is 35.5. The largest absolute Gasteiger partial charge is 0.273 e. The molecular weight excluding hydrogens is 469 g/mol. The molecule has 1 aliphatic carbocycles. The topological polar surface area (TPSA) is 101 Å². The minimum Gasteiger partial charge on any atom is -0.272 e. The van der Waals surface area contributed by atoms with Gasteiger partial charge in [-0.2, -0.15) is 5.01 Å². The van der Waals surface area contributed by atoms with Crippen molar-refractivity contribution in [3.05, 3.63) is 73.8 Å². The average molecular weight is 490 g/mol. The maximum absolute atomic E-state index is 13.5. The first kappa shape index (κ1) is 23.2. The van der Waals surface area contributed by atoms with Gasteiger partial charge in [0.2, 0.25) is 0 Å². The first-order valence-corrected chi connectivity index (χ1v) is 11.3. The predicted octanol–water partition coefficient (Wildman–Crippen LogP) is 4.88. The van der Waals surface area contributed by atoms with E-state index in [-0.39, 0.29) is 22.8 Å². The van der Waals surface area contributed by atoms with Crippen molar-refractivity contribution in [2.75, 3.05) is 0 Å². The number of hydrazine groups is 1. The number of carbonyl (C=O) groups excluding carboxylic acids is 3. The van der Waals surface area contributed by atoms with Crippen molar-refractivity contribution >= 4 is 46.6 Å². The van der Waals surface area contributed by atoms with Gasteiger partial charge in [-0.25, -0.2) is 5.01 Å². The van der Waals surface area contributed by atoms with Crippen LogP contribution in [-0.4, -0.2) is 32.7 Å². The van der Waals surface area contributed by atoms with Crippen molar-refractivity contribution in [1.82, 2.24) is 10.0 Å². The van der Waals surface area contributed by atoms with E-state index < -0.39 is 34.5 Å². The number of nitrogens with zero attached hydrogens (tertiary/aromatic N) is 3. The van der Waals surface area contributed by atoms with Crippen LogP contribution < -0.4 is 0 Å². The summed E-state index contributed by atoms with van der Waals surface area (Å²) < 4.78 is 0. The molecular formula is C23H21Cl2N3O5. The third-order valence-electron chi connectivity index (χ3n) is 6.28. The zero-order valence-corrected chi connectivity index (χ0v) is 19.3. The van der Waals surface area contributed by atoms with E-state index in [2.05, 4.69) is 0 Å². The third kappa shape index (κ3) is 4.45. The summed E-state index contributed by atoms with van der Waals surface area (Å²) in [5.74, 6) is -2.23. The van der Waals surface area contributed by atoms with Crippen LogP contribution in [0.25, 0.3) is 0 Å². The number of fused-ring (bicyclic) bond motifs is 1. The lowest BCUT2D eigenvalue weighted by molar-refractivity contribution is -0.384. The third-order valence-corrected chi connectivity index (χ3v) is 6.87. The molecule has 0 N–H and O–H groups in total. The molecule has 0 aromatic heterocycles. The average Bonchev–Trinajstić information content (AvgIpc) is 3.02. The fraction of sp³-hybridized carbons (Fsp3) is 0.348. The van der Waals surface area contributed by atoms with E-state index in [4.69, 9.17) is 23.2 Å². The zero-order chi connectivity index (χ0) is 23.9. The van der Waals surface area contributed by atoms with E-state index in [1.54, 1.807) is 12.1 Å². The fourth-order valence-corrected chi connectivity index (χ4v) is 5.02. The molecule has 2 aromatic carbocycles. The highest BCUT2D eigenvalue weighted by Crippen LogP contribution is 2.41. The highest BCUT2D eigenvalue weighted by Gasteiger charge is 2.52. The number of hydrogen-bond acceptors (Lipinski definition) is 5. The molecule has 2 aliphatic rings. The van der Waals surface area contributed by atoms with E-state index in [1.807, 2.05) is 6.92 Å². The Balaban J connectivity index is 1.75. The second-order valence-corrected chi connectivity index (χ2v) is 9.37. The number of rotatable bonds is 5. The summed E-state index contributed by atoms with van der Waals surface area (Å²) in [4.78, 5) is 50.7. The van der Waals surface area contributed by atoms with E-state index in [1.165, 1.54) is 24.3 Å². The van der Waals surface area contributed by atoms with Gasteiger partial charge in [0, 0.05) is 27.7 Å². The van der Waals surface area contributed by atoms with Crippen molar-refractivity contribution in [2.45, 2.75) is 32.7 Å². The first-order chi connectivity index (χ1) is 15.7. The number of carbonyl (C=O) groups is 3. The Morgan fingerprint density at radius 2 is 1.85 bits per heavy atom. The molecule has 1 aliphatic heterocycles. The Kier molecular flexibility index (Phi) is 6.41. The predicted molar refractivity (Wildman–Crippen MR) is 121 cm³/mol. The van der Waals surface area contributed by atoms with Crippen molar-refractivity contribution in [1.29, 1.82) is 0 Å². The van der Waals surface area contributed by atoms with Gasteiger partial charge in [-0.1, -0.05) is 42.3 Å². The van der Waals surface area contributed by atoms with Crippen molar-refractivity contribution in [3.63, 3.8) is 0 Å². The first-order valence-electron chi connectivity index (χ1n) is 10.6. The molecule has 3 atom stereocenters. The number of hydrogen-bond donors (Lipinski definition) is 0. The highest BCUT2D eigenvalue weighted by molar-refractivity contribution is 6.35. The molecule has 1 saturated carbocycles. The number of nitro groups is 1. The zero-order valence-electron chi connectivity index (χ0n) is 17.7. The molecule has 10 heteroatoms. The Bertz CT molecular complexity index is 1150. The number of halogens is 2. The van der Waals surface area contributed by atoms with Crippen molar-refractivity contribution < 1.29 is 19.3 Å². The Hall–Kier alpha value is -2.97. The van der Waals surface area contributed by atoms with Gasteiger partial charge in [0.1, 0.15) is 0 Å². The molecule has 0 spiro atoms. The quantitative estimate of drug-likeness (QED) is 0.338. The monoisotopic (exact) mass is 489 g/mol. The molecule has 33 heavy (non-hydrogen) atoms. The molecule has 0 radical (unpaired) electrons. The Morgan fingerprint density at radius 1 is 1.12 bits per heavy atom. The standard InChI is InChI=1S/C23H21Cl2N3O5/c1-13-5-8-18-19(9-13)23(31)27(22(18)30)26(12-15-6-7-16(24)11-20(15)25)21(29)14-3-2-4-17(10-14)28(32)33/h2-4,6-7,10-11,13,18-19H,5,8-9,12H2,1H3/t13-,18+,19-/m1/s1. The lowest BCUT2D eigenvalue weighted by Gasteiger charge is -2.31. The van der Waals surface area contributed by atoms with Gasteiger partial charge in [-0.05, 0) is 48.9 Å². The summed E-state index contributed by atoms with van der Waals surface area (Å²) in [6.45, 7) is 1.86. The van der Waals surface area contributed by atoms with Gasteiger partial charge in [-0.3, -0.25) is 24.5 Å². The number of benzene rings is 2. The molecule has 3 amide bonds. The summed E-state index contributed by atoms with van der Waals surface area (Å²) >= 11 is 12.3. The molecule has 172 valence electrons. The van der Waals surface area contributed by atoms with Crippen molar-refractivity contribution in [3.8, 4) is 0 Å².